The Morgan fingerprint density at radius 2 is 1.96 bits per heavy atom. The number of rotatable bonds is 5. The third kappa shape index (κ3) is 3.36. The van der Waals surface area contributed by atoms with E-state index in [0.29, 0.717) is 23.0 Å². The lowest BCUT2D eigenvalue weighted by molar-refractivity contribution is -0.114. The summed E-state index contributed by atoms with van der Waals surface area (Å²) < 4.78 is 18.8. The smallest absolute Gasteiger partial charge is 0.300 e. The van der Waals surface area contributed by atoms with Gasteiger partial charge in [0.05, 0.1) is 25.0 Å². The highest BCUT2D eigenvalue weighted by Gasteiger charge is 2.36. The molecule has 0 unspecified atom stereocenters. The molecular weight excluding hydrogens is 347 g/mol. The predicted octanol–water partition coefficient (Wildman–Crippen LogP) is 3.11. The lowest BCUT2D eigenvalue weighted by Gasteiger charge is -2.25. The van der Waals surface area contributed by atoms with E-state index in [1.165, 1.54) is 23.1 Å². The number of ether oxygens (including phenoxy) is 1. The quantitative estimate of drug-likeness (QED) is 0.767. The van der Waals surface area contributed by atoms with Gasteiger partial charge in [-0.15, -0.1) is 0 Å². The van der Waals surface area contributed by atoms with Crippen molar-refractivity contribution in [3.63, 3.8) is 0 Å². The van der Waals surface area contributed by atoms with Gasteiger partial charge in [0.15, 0.2) is 0 Å². The van der Waals surface area contributed by atoms with Crippen LogP contribution >= 0.6 is 11.6 Å². The number of methoxy groups -OCH3 is 1. The van der Waals surface area contributed by atoms with Crippen LogP contribution in [-0.2, 0) is 11.3 Å². The maximum atomic E-state index is 13.5. The van der Waals surface area contributed by atoms with E-state index in [2.05, 4.69) is 0 Å². The maximum absolute atomic E-state index is 13.5. The summed E-state index contributed by atoms with van der Waals surface area (Å²) in [6, 6.07) is 8.98. The second-order valence-corrected chi connectivity index (χ2v) is 6.27. The van der Waals surface area contributed by atoms with Gasteiger partial charge < -0.3 is 4.74 Å². The maximum Gasteiger partial charge on any atom is 0.300 e. The SMILES string of the molecule is COc1ccc(Cl)cc1CN(C)CN1C(=O)C(=O)c2ccc(F)cc21. The van der Waals surface area contributed by atoms with Crippen molar-refractivity contribution in [2.75, 3.05) is 25.7 Å². The third-order valence-corrected chi connectivity index (χ3v) is 4.24. The number of fused-ring (bicyclic) bond motifs is 1. The second kappa shape index (κ2) is 6.82. The van der Waals surface area contributed by atoms with Gasteiger partial charge >= 0.3 is 5.91 Å². The number of nitrogens with zero attached hydrogens (tertiary/aromatic N) is 2. The third-order valence-electron chi connectivity index (χ3n) is 4.00. The molecular formula is C18H16ClFN2O3. The van der Waals surface area contributed by atoms with Gasteiger partial charge in [0.1, 0.15) is 11.6 Å². The van der Waals surface area contributed by atoms with Gasteiger partial charge in [-0.2, -0.15) is 0 Å². The molecule has 7 heteroatoms. The van der Waals surface area contributed by atoms with E-state index in [9.17, 15) is 14.0 Å². The summed E-state index contributed by atoms with van der Waals surface area (Å²) in [5.41, 5.74) is 1.36. The molecule has 0 radical (unpaired) electrons. The first-order chi connectivity index (χ1) is 11.9. The minimum atomic E-state index is -0.662. The van der Waals surface area contributed by atoms with E-state index in [1.54, 1.807) is 32.4 Å². The average molecular weight is 363 g/mol. The van der Waals surface area contributed by atoms with E-state index in [1.807, 2.05) is 4.90 Å². The van der Waals surface area contributed by atoms with E-state index < -0.39 is 17.5 Å². The van der Waals surface area contributed by atoms with E-state index >= 15 is 0 Å². The molecule has 2 aromatic rings. The lowest BCUT2D eigenvalue weighted by atomic mass is 10.1. The van der Waals surface area contributed by atoms with Gasteiger partial charge in [-0.3, -0.25) is 19.4 Å². The monoisotopic (exact) mass is 362 g/mol. The van der Waals surface area contributed by atoms with Crippen LogP contribution in [0.25, 0.3) is 0 Å². The molecule has 1 heterocycles. The summed E-state index contributed by atoms with van der Waals surface area (Å²) in [5, 5.41) is 0.573. The summed E-state index contributed by atoms with van der Waals surface area (Å²) in [7, 11) is 3.35. The molecule has 0 atom stereocenters. The highest BCUT2D eigenvalue weighted by Crippen LogP contribution is 2.30. The van der Waals surface area contributed by atoms with Crippen molar-refractivity contribution >= 4 is 29.0 Å². The van der Waals surface area contributed by atoms with Gasteiger partial charge in [0.25, 0.3) is 5.78 Å². The Hall–Kier alpha value is -2.44. The predicted molar refractivity (Wildman–Crippen MR) is 92.6 cm³/mol. The highest BCUT2D eigenvalue weighted by atomic mass is 35.5. The van der Waals surface area contributed by atoms with Crippen molar-refractivity contribution in [2.45, 2.75) is 6.54 Å². The molecule has 0 bridgehead atoms. The standard InChI is InChI=1S/C18H16ClFN2O3/c1-21(9-11-7-12(19)3-6-16(11)25-2)10-22-15-8-13(20)4-5-14(15)17(23)18(22)24/h3-8H,9-10H2,1-2H3. The molecule has 0 aliphatic carbocycles. The molecule has 0 saturated heterocycles. The van der Waals surface area contributed by atoms with Crippen LogP contribution in [-0.4, -0.2) is 37.4 Å². The van der Waals surface area contributed by atoms with Gasteiger partial charge in [-0.05, 0) is 43.4 Å². The first-order valence-corrected chi connectivity index (χ1v) is 7.95. The molecule has 0 fully saturated rings. The van der Waals surface area contributed by atoms with Crippen molar-refractivity contribution in [2.24, 2.45) is 0 Å². The van der Waals surface area contributed by atoms with Gasteiger partial charge in [-0.25, -0.2) is 4.39 Å². The number of ketones is 1. The number of Topliss-reactive ketones (excluding diaryl/α,β-unsaturated/α-hetero) is 1. The van der Waals surface area contributed by atoms with Crippen LogP contribution in [0.4, 0.5) is 10.1 Å². The van der Waals surface area contributed by atoms with E-state index in [4.69, 9.17) is 16.3 Å². The van der Waals surface area contributed by atoms with Crippen molar-refractivity contribution < 1.29 is 18.7 Å². The molecule has 5 nitrogen and oxygen atoms in total. The topological polar surface area (TPSA) is 49.9 Å². The number of benzene rings is 2. The Bertz CT molecular complexity index is 856. The Labute approximate surface area is 149 Å². The summed E-state index contributed by atoms with van der Waals surface area (Å²) in [5.74, 6) is -1.11. The zero-order chi connectivity index (χ0) is 18.1. The van der Waals surface area contributed by atoms with Crippen molar-refractivity contribution in [1.82, 2.24) is 4.90 Å². The molecule has 0 N–H and O–H groups in total. The summed E-state index contributed by atoms with van der Waals surface area (Å²) in [6.45, 7) is 0.572. The Morgan fingerprint density at radius 1 is 1.20 bits per heavy atom. The molecule has 0 saturated carbocycles. The lowest BCUT2D eigenvalue weighted by Crippen LogP contribution is -2.39. The largest absolute Gasteiger partial charge is 0.496 e. The Balaban J connectivity index is 1.81. The van der Waals surface area contributed by atoms with E-state index in [0.717, 1.165) is 5.56 Å². The normalized spacial score (nSPS) is 13.6. The van der Waals surface area contributed by atoms with E-state index in [-0.39, 0.29) is 12.2 Å². The summed E-state index contributed by atoms with van der Waals surface area (Å²) in [6.07, 6.45) is 0. The van der Waals surface area contributed by atoms with Gasteiger partial charge in [0.2, 0.25) is 0 Å². The fraction of sp³-hybridized carbons (Fsp3) is 0.222. The highest BCUT2D eigenvalue weighted by molar-refractivity contribution is 6.52. The van der Waals surface area contributed by atoms with Crippen LogP contribution in [0.15, 0.2) is 36.4 Å². The molecule has 0 aromatic heterocycles. The van der Waals surface area contributed by atoms with Gasteiger partial charge in [0, 0.05) is 17.1 Å². The molecule has 2 aromatic carbocycles. The van der Waals surface area contributed by atoms with Crippen LogP contribution in [0, 0.1) is 5.82 Å². The van der Waals surface area contributed by atoms with Crippen LogP contribution in [0.2, 0.25) is 5.02 Å². The Morgan fingerprint density at radius 3 is 2.68 bits per heavy atom. The zero-order valence-electron chi connectivity index (χ0n) is 13.8. The number of hydrogen-bond donors (Lipinski definition) is 0. The molecule has 1 aliphatic rings. The van der Waals surface area contributed by atoms with Crippen molar-refractivity contribution in [3.8, 4) is 5.75 Å². The molecule has 130 valence electrons. The number of amides is 1. The fourth-order valence-corrected chi connectivity index (χ4v) is 3.06. The second-order valence-electron chi connectivity index (χ2n) is 5.84. The molecule has 0 spiro atoms. The van der Waals surface area contributed by atoms with Crippen molar-refractivity contribution in [1.29, 1.82) is 0 Å². The molecule has 1 aliphatic heterocycles. The number of carbonyl (C=O) groups excluding carboxylic acids is 2. The fourth-order valence-electron chi connectivity index (χ4n) is 2.86. The molecule has 3 rings (SSSR count). The molecule has 25 heavy (non-hydrogen) atoms. The number of hydrogen-bond acceptors (Lipinski definition) is 4. The van der Waals surface area contributed by atoms with Crippen LogP contribution < -0.4 is 9.64 Å². The minimum absolute atomic E-state index is 0.136. The number of anilines is 1. The van der Waals surface area contributed by atoms with Crippen LogP contribution in [0.1, 0.15) is 15.9 Å². The van der Waals surface area contributed by atoms with Crippen molar-refractivity contribution in [3.05, 3.63) is 58.4 Å². The van der Waals surface area contributed by atoms with Gasteiger partial charge in [-0.1, -0.05) is 11.6 Å². The average Bonchev–Trinajstić information content (AvgIpc) is 2.79. The number of halogens is 2. The first kappa shape index (κ1) is 17.4. The van der Waals surface area contributed by atoms with Crippen LogP contribution in [0.5, 0.6) is 5.75 Å². The summed E-state index contributed by atoms with van der Waals surface area (Å²) >= 11 is 6.03. The van der Waals surface area contributed by atoms with Crippen LogP contribution in [0.3, 0.4) is 0 Å². The Kier molecular flexibility index (Phi) is 4.74. The first-order valence-electron chi connectivity index (χ1n) is 7.57. The number of carbonyl (C=O) groups is 2. The molecule has 1 amide bonds. The summed E-state index contributed by atoms with van der Waals surface area (Å²) in [4.78, 5) is 27.3. The zero-order valence-corrected chi connectivity index (χ0v) is 14.5. The minimum Gasteiger partial charge on any atom is -0.496 e.